The van der Waals surface area contributed by atoms with E-state index in [9.17, 15) is 24.0 Å². The summed E-state index contributed by atoms with van der Waals surface area (Å²) < 4.78 is 10.5. The van der Waals surface area contributed by atoms with E-state index in [2.05, 4.69) is 5.32 Å². The van der Waals surface area contributed by atoms with Crippen LogP contribution in [0.25, 0.3) is 6.08 Å². The summed E-state index contributed by atoms with van der Waals surface area (Å²) in [5.41, 5.74) is 1.55. The van der Waals surface area contributed by atoms with Crippen molar-refractivity contribution in [2.24, 2.45) is 0 Å². The van der Waals surface area contributed by atoms with Gasteiger partial charge in [-0.25, -0.2) is 9.69 Å². The Kier molecular flexibility index (Phi) is 6.21. The molecule has 0 bridgehead atoms. The molecule has 190 valence electrons. The summed E-state index contributed by atoms with van der Waals surface area (Å²) in [4.78, 5) is 66.0. The van der Waals surface area contributed by atoms with Gasteiger partial charge in [0, 0.05) is 5.56 Å². The number of urea groups is 1. The van der Waals surface area contributed by atoms with Gasteiger partial charge < -0.3 is 9.47 Å². The highest BCUT2D eigenvalue weighted by Gasteiger charge is 2.37. The Labute approximate surface area is 217 Å². The minimum Gasteiger partial charge on any atom is -0.497 e. The van der Waals surface area contributed by atoms with Gasteiger partial charge in [-0.05, 0) is 60.2 Å². The van der Waals surface area contributed by atoms with E-state index >= 15 is 0 Å². The summed E-state index contributed by atoms with van der Waals surface area (Å²) in [5.74, 6) is -1.55. The molecule has 3 aromatic rings. The zero-order chi connectivity index (χ0) is 27.0. The number of hydrogen-bond donors (Lipinski definition) is 1. The van der Waals surface area contributed by atoms with Gasteiger partial charge in [0.25, 0.3) is 23.6 Å². The summed E-state index contributed by atoms with van der Waals surface area (Å²) in [6, 6.07) is 16.8. The molecule has 2 heterocycles. The van der Waals surface area contributed by atoms with Crippen molar-refractivity contribution in [3.63, 3.8) is 0 Å². The fraction of sp³-hybridized carbons (Fsp3) is 0.107. The Morgan fingerprint density at radius 1 is 0.789 bits per heavy atom. The second kappa shape index (κ2) is 9.66. The molecule has 0 atom stereocenters. The van der Waals surface area contributed by atoms with Crippen molar-refractivity contribution in [2.45, 2.75) is 6.54 Å². The largest absolute Gasteiger partial charge is 0.497 e. The second-order valence-electron chi connectivity index (χ2n) is 8.47. The predicted octanol–water partition coefficient (Wildman–Crippen LogP) is 3.17. The van der Waals surface area contributed by atoms with Crippen molar-refractivity contribution in [3.8, 4) is 11.5 Å². The number of benzene rings is 3. The first-order valence-corrected chi connectivity index (χ1v) is 11.5. The number of carbonyl (C=O) groups is 5. The first kappa shape index (κ1) is 24.4. The molecule has 2 aliphatic heterocycles. The van der Waals surface area contributed by atoms with E-state index in [1.54, 1.807) is 54.6 Å². The fourth-order valence-corrected chi connectivity index (χ4v) is 4.35. The molecular weight excluding hydrogens is 490 g/mol. The summed E-state index contributed by atoms with van der Waals surface area (Å²) in [5, 5.41) is 2.18. The SMILES string of the molecule is COc1ccc(N2C(=O)NC(=O)/C(=C/c3ccc(OC)c(CN4C(=O)c5ccccc5C4=O)c3)C2=O)cc1. The number of amides is 6. The summed E-state index contributed by atoms with van der Waals surface area (Å²) in [7, 11) is 2.94. The highest BCUT2D eigenvalue weighted by Crippen LogP contribution is 2.29. The Hall–Kier alpha value is -5.25. The van der Waals surface area contributed by atoms with Gasteiger partial charge in [-0.2, -0.15) is 0 Å². The third-order valence-electron chi connectivity index (χ3n) is 6.25. The molecule has 5 rings (SSSR count). The van der Waals surface area contributed by atoms with Crippen LogP contribution in [0.2, 0.25) is 0 Å². The van der Waals surface area contributed by atoms with Crippen molar-refractivity contribution < 1.29 is 33.4 Å². The molecular formula is C28H21N3O7. The van der Waals surface area contributed by atoms with Crippen LogP contribution in [0.5, 0.6) is 11.5 Å². The molecule has 1 saturated heterocycles. The molecule has 10 nitrogen and oxygen atoms in total. The van der Waals surface area contributed by atoms with Crippen molar-refractivity contribution in [1.82, 2.24) is 10.2 Å². The maximum absolute atomic E-state index is 13.2. The number of barbiturate groups is 1. The van der Waals surface area contributed by atoms with E-state index in [1.165, 1.54) is 32.4 Å². The van der Waals surface area contributed by atoms with Gasteiger partial charge in [0.1, 0.15) is 17.1 Å². The maximum Gasteiger partial charge on any atom is 0.335 e. The number of fused-ring (bicyclic) bond motifs is 1. The van der Waals surface area contributed by atoms with Crippen LogP contribution >= 0.6 is 0 Å². The lowest BCUT2D eigenvalue weighted by atomic mass is 10.0. The monoisotopic (exact) mass is 511 g/mol. The summed E-state index contributed by atoms with van der Waals surface area (Å²) in [6.07, 6.45) is 1.34. The number of hydrogen-bond acceptors (Lipinski definition) is 7. The average Bonchev–Trinajstić information content (AvgIpc) is 3.16. The van der Waals surface area contributed by atoms with E-state index in [4.69, 9.17) is 9.47 Å². The molecule has 0 radical (unpaired) electrons. The summed E-state index contributed by atoms with van der Waals surface area (Å²) >= 11 is 0. The van der Waals surface area contributed by atoms with Gasteiger partial charge in [-0.1, -0.05) is 18.2 Å². The lowest BCUT2D eigenvalue weighted by molar-refractivity contribution is -0.122. The van der Waals surface area contributed by atoms with E-state index < -0.39 is 29.7 Å². The van der Waals surface area contributed by atoms with Crippen LogP contribution in [-0.2, 0) is 16.1 Å². The van der Waals surface area contributed by atoms with Crippen molar-refractivity contribution in [3.05, 3.63) is 94.6 Å². The first-order valence-electron chi connectivity index (χ1n) is 11.5. The number of rotatable bonds is 6. The normalized spacial score (nSPS) is 16.2. The Balaban J connectivity index is 1.46. The van der Waals surface area contributed by atoms with Crippen LogP contribution in [0.1, 0.15) is 31.8 Å². The number of imide groups is 3. The van der Waals surface area contributed by atoms with Crippen molar-refractivity contribution in [1.29, 1.82) is 0 Å². The second-order valence-corrected chi connectivity index (χ2v) is 8.47. The van der Waals surface area contributed by atoms with Crippen LogP contribution in [0.4, 0.5) is 10.5 Å². The van der Waals surface area contributed by atoms with Gasteiger partial charge in [0.05, 0.1) is 37.6 Å². The van der Waals surface area contributed by atoms with Gasteiger partial charge in [-0.15, -0.1) is 0 Å². The maximum atomic E-state index is 13.2. The lowest BCUT2D eigenvalue weighted by Crippen LogP contribution is -2.54. The third-order valence-corrected chi connectivity index (χ3v) is 6.25. The minimum atomic E-state index is -0.872. The topological polar surface area (TPSA) is 122 Å². The van der Waals surface area contributed by atoms with Crippen molar-refractivity contribution >= 4 is 41.4 Å². The van der Waals surface area contributed by atoms with E-state index in [0.29, 0.717) is 33.8 Å². The zero-order valence-electron chi connectivity index (χ0n) is 20.4. The first-order chi connectivity index (χ1) is 18.3. The number of nitrogens with zero attached hydrogens (tertiary/aromatic N) is 2. The van der Waals surface area contributed by atoms with E-state index in [-0.39, 0.29) is 17.8 Å². The molecule has 0 aromatic heterocycles. The zero-order valence-corrected chi connectivity index (χ0v) is 20.4. The number of carbonyl (C=O) groups excluding carboxylic acids is 5. The minimum absolute atomic E-state index is 0.0802. The fourth-order valence-electron chi connectivity index (χ4n) is 4.35. The predicted molar refractivity (Wildman–Crippen MR) is 136 cm³/mol. The van der Waals surface area contributed by atoms with Gasteiger partial charge >= 0.3 is 6.03 Å². The van der Waals surface area contributed by atoms with E-state index in [1.807, 2.05) is 0 Å². The molecule has 0 unspecified atom stereocenters. The quantitative estimate of drug-likeness (QED) is 0.306. The number of methoxy groups -OCH3 is 2. The molecule has 0 saturated carbocycles. The third kappa shape index (κ3) is 4.17. The van der Waals surface area contributed by atoms with Gasteiger partial charge in [0.15, 0.2) is 0 Å². The molecule has 6 amide bonds. The number of nitrogens with one attached hydrogen (secondary N) is 1. The average molecular weight is 511 g/mol. The number of anilines is 1. The Morgan fingerprint density at radius 2 is 1.45 bits per heavy atom. The van der Waals surface area contributed by atoms with E-state index in [0.717, 1.165) is 9.80 Å². The Morgan fingerprint density at radius 3 is 2.05 bits per heavy atom. The lowest BCUT2D eigenvalue weighted by Gasteiger charge is -2.26. The van der Waals surface area contributed by atoms with Gasteiger partial charge in [0.2, 0.25) is 0 Å². The highest BCUT2D eigenvalue weighted by molar-refractivity contribution is 6.39. The smallest absolute Gasteiger partial charge is 0.335 e. The number of ether oxygens (including phenoxy) is 2. The van der Waals surface area contributed by atoms with Crippen LogP contribution in [0, 0.1) is 0 Å². The molecule has 2 aliphatic rings. The standard InChI is InChI=1S/C28H21N3O7/c1-37-19-10-8-18(9-11-19)31-27(35)22(24(32)29-28(31)36)14-16-7-12-23(38-2)17(13-16)15-30-25(33)20-5-3-4-6-21(20)26(30)34/h3-14H,15H2,1-2H3,(H,29,32,36)/b22-14-. The van der Waals surface area contributed by atoms with Crippen LogP contribution in [0.15, 0.2) is 72.3 Å². The molecule has 1 fully saturated rings. The molecule has 0 aliphatic carbocycles. The highest BCUT2D eigenvalue weighted by atomic mass is 16.5. The van der Waals surface area contributed by atoms with Crippen LogP contribution in [0.3, 0.4) is 0 Å². The van der Waals surface area contributed by atoms with Gasteiger partial charge in [-0.3, -0.25) is 29.4 Å². The molecule has 0 spiro atoms. The molecule has 3 aromatic carbocycles. The van der Waals surface area contributed by atoms with Crippen LogP contribution < -0.4 is 19.7 Å². The molecule has 1 N–H and O–H groups in total. The van der Waals surface area contributed by atoms with Crippen LogP contribution in [-0.4, -0.2) is 48.8 Å². The molecule has 10 heteroatoms. The van der Waals surface area contributed by atoms with Crippen molar-refractivity contribution in [2.75, 3.05) is 19.1 Å². The Bertz CT molecular complexity index is 1510. The molecule has 38 heavy (non-hydrogen) atoms. The summed E-state index contributed by atoms with van der Waals surface area (Å²) in [6.45, 7) is -0.0802.